The summed E-state index contributed by atoms with van der Waals surface area (Å²) in [6.45, 7) is 3.99. The van der Waals surface area contributed by atoms with Gasteiger partial charge < -0.3 is 4.74 Å². The van der Waals surface area contributed by atoms with Crippen LogP contribution in [0.15, 0.2) is 47.3 Å². The van der Waals surface area contributed by atoms with Gasteiger partial charge >= 0.3 is 0 Å². The fourth-order valence-electron chi connectivity index (χ4n) is 3.23. The van der Waals surface area contributed by atoms with E-state index in [4.69, 9.17) is 9.72 Å². The van der Waals surface area contributed by atoms with Crippen LogP contribution in [0, 0.1) is 13.8 Å². The Kier molecular flexibility index (Phi) is 6.36. The minimum atomic E-state index is 0.140. The fraction of sp³-hybridized carbons (Fsp3) is 0.227. The number of Topliss-reactive ketones (excluding diaryl/α,β-unsaturated/α-hetero) is 1. The summed E-state index contributed by atoms with van der Waals surface area (Å²) < 4.78 is 7.25. The Labute approximate surface area is 187 Å². The molecule has 30 heavy (non-hydrogen) atoms. The van der Waals surface area contributed by atoms with Crippen molar-refractivity contribution in [1.82, 2.24) is 14.5 Å². The molecule has 0 N–H and O–H groups in total. The van der Waals surface area contributed by atoms with Crippen molar-refractivity contribution in [2.75, 3.05) is 12.9 Å². The lowest BCUT2D eigenvalue weighted by atomic mass is 10.2. The van der Waals surface area contributed by atoms with Crippen LogP contribution in [0.4, 0.5) is 0 Å². The van der Waals surface area contributed by atoms with E-state index in [9.17, 15) is 4.79 Å². The zero-order valence-corrected chi connectivity index (χ0v) is 19.4. The molecular weight excluding hydrogens is 434 g/mol. The molecule has 0 aliphatic heterocycles. The van der Waals surface area contributed by atoms with Crippen LogP contribution >= 0.6 is 34.4 Å². The molecule has 4 rings (SSSR count). The molecule has 5 nitrogen and oxygen atoms in total. The lowest BCUT2D eigenvalue weighted by Gasteiger charge is -2.05. The molecule has 0 radical (unpaired) electrons. The Balaban J connectivity index is 1.37. The van der Waals surface area contributed by atoms with Crippen LogP contribution in [0.2, 0.25) is 0 Å². The fourth-order valence-corrected chi connectivity index (χ4v) is 5.71. The van der Waals surface area contributed by atoms with Crippen molar-refractivity contribution < 1.29 is 9.53 Å². The van der Waals surface area contributed by atoms with Crippen molar-refractivity contribution in [2.24, 2.45) is 0 Å². The van der Waals surface area contributed by atoms with E-state index in [-0.39, 0.29) is 5.78 Å². The number of ketones is 1. The van der Waals surface area contributed by atoms with Gasteiger partial charge in [0.1, 0.15) is 10.8 Å². The first-order valence-electron chi connectivity index (χ1n) is 9.35. The number of aryl methyl sites for hydroxylation is 1. The highest BCUT2D eigenvalue weighted by molar-refractivity contribution is 7.99. The van der Waals surface area contributed by atoms with E-state index in [1.54, 1.807) is 47.7 Å². The highest BCUT2D eigenvalue weighted by atomic mass is 32.2. The van der Waals surface area contributed by atoms with Gasteiger partial charge in [0.05, 0.1) is 18.6 Å². The summed E-state index contributed by atoms with van der Waals surface area (Å²) in [5.41, 5.74) is 4.81. The quantitative estimate of drug-likeness (QED) is 0.314. The van der Waals surface area contributed by atoms with Crippen molar-refractivity contribution in [3.8, 4) is 21.5 Å². The minimum Gasteiger partial charge on any atom is -0.497 e. The SMILES string of the molecule is COc1ccc(-c2nc(CSCC(=O)c3cc(C)n(-c4nccs4)c3C)cs2)cc1. The Morgan fingerprint density at radius 1 is 1.20 bits per heavy atom. The maximum Gasteiger partial charge on any atom is 0.193 e. The van der Waals surface area contributed by atoms with Crippen LogP contribution in [-0.2, 0) is 5.75 Å². The van der Waals surface area contributed by atoms with Gasteiger partial charge in [-0.15, -0.1) is 34.4 Å². The van der Waals surface area contributed by atoms with E-state index in [2.05, 4.69) is 10.4 Å². The largest absolute Gasteiger partial charge is 0.497 e. The van der Waals surface area contributed by atoms with Crippen LogP contribution < -0.4 is 4.74 Å². The number of methoxy groups -OCH3 is 1. The molecule has 0 bridgehead atoms. The van der Waals surface area contributed by atoms with Crippen molar-refractivity contribution in [3.63, 3.8) is 0 Å². The number of thiazole rings is 2. The first kappa shape index (κ1) is 20.8. The van der Waals surface area contributed by atoms with Gasteiger partial charge in [0.2, 0.25) is 0 Å². The molecule has 0 spiro atoms. The topological polar surface area (TPSA) is 57.0 Å². The molecule has 4 aromatic rings. The third kappa shape index (κ3) is 4.35. The van der Waals surface area contributed by atoms with E-state index < -0.39 is 0 Å². The highest BCUT2D eigenvalue weighted by Gasteiger charge is 2.18. The molecule has 0 aliphatic carbocycles. The second-order valence-electron chi connectivity index (χ2n) is 6.72. The van der Waals surface area contributed by atoms with Gasteiger partial charge in [-0.2, -0.15) is 0 Å². The number of nitrogens with zero attached hydrogens (tertiary/aromatic N) is 3. The van der Waals surface area contributed by atoms with E-state index in [0.717, 1.165) is 44.1 Å². The summed E-state index contributed by atoms with van der Waals surface area (Å²) in [7, 11) is 1.66. The number of hydrogen-bond acceptors (Lipinski definition) is 7. The number of rotatable bonds is 8. The monoisotopic (exact) mass is 455 g/mol. The first-order chi connectivity index (χ1) is 14.6. The van der Waals surface area contributed by atoms with Crippen LogP contribution in [0.5, 0.6) is 5.75 Å². The summed E-state index contributed by atoms with van der Waals surface area (Å²) >= 11 is 4.78. The number of aromatic nitrogens is 3. The Morgan fingerprint density at radius 2 is 2.00 bits per heavy atom. The molecule has 0 saturated carbocycles. The summed E-state index contributed by atoms with van der Waals surface area (Å²) in [6.07, 6.45) is 1.78. The van der Waals surface area contributed by atoms with Gasteiger partial charge in [0, 0.05) is 45.2 Å². The van der Waals surface area contributed by atoms with Gasteiger partial charge in [-0.1, -0.05) is 0 Å². The highest BCUT2D eigenvalue weighted by Crippen LogP contribution is 2.28. The number of carbonyl (C=O) groups excluding carboxylic acids is 1. The number of thioether (sulfide) groups is 1. The van der Waals surface area contributed by atoms with Gasteiger partial charge in [-0.3, -0.25) is 9.36 Å². The number of benzene rings is 1. The van der Waals surface area contributed by atoms with Gasteiger partial charge in [-0.25, -0.2) is 9.97 Å². The molecule has 0 fully saturated rings. The lowest BCUT2D eigenvalue weighted by Crippen LogP contribution is -2.05. The molecule has 0 atom stereocenters. The molecular formula is C22H21N3O2S3. The van der Waals surface area contributed by atoms with E-state index in [0.29, 0.717) is 11.5 Å². The van der Waals surface area contributed by atoms with E-state index in [1.165, 1.54) is 0 Å². The molecule has 3 aromatic heterocycles. The van der Waals surface area contributed by atoms with Crippen LogP contribution in [0.3, 0.4) is 0 Å². The van der Waals surface area contributed by atoms with Crippen LogP contribution in [0.25, 0.3) is 15.7 Å². The third-order valence-electron chi connectivity index (χ3n) is 4.71. The zero-order valence-electron chi connectivity index (χ0n) is 16.9. The third-order valence-corrected chi connectivity index (χ3v) is 7.38. The lowest BCUT2D eigenvalue weighted by molar-refractivity contribution is 0.102. The molecule has 0 amide bonds. The standard InChI is InChI=1S/C22H21N3O2S3/c1-14-10-19(15(2)25(14)22-23-8-9-29-22)20(26)13-28-11-17-12-30-21(24-17)16-4-6-18(27-3)7-5-16/h4-10,12H,11,13H2,1-3H3. The van der Waals surface area contributed by atoms with Crippen molar-refractivity contribution >= 4 is 40.2 Å². The maximum atomic E-state index is 12.8. The maximum absolute atomic E-state index is 12.8. The molecule has 1 aromatic carbocycles. The second kappa shape index (κ2) is 9.16. The predicted molar refractivity (Wildman–Crippen MR) is 126 cm³/mol. The minimum absolute atomic E-state index is 0.140. The summed E-state index contributed by atoms with van der Waals surface area (Å²) in [4.78, 5) is 21.9. The Morgan fingerprint density at radius 3 is 2.70 bits per heavy atom. The molecule has 0 aliphatic rings. The molecule has 154 valence electrons. The van der Waals surface area contributed by atoms with E-state index >= 15 is 0 Å². The summed E-state index contributed by atoms with van der Waals surface area (Å²) in [5, 5.41) is 5.88. The molecule has 0 unspecified atom stereocenters. The summed E-state index contributed by atoms with van der Waals surface area (Å²) in [6, 6.07) is 9.86. The average molecular weight is 456 g/mol. The molecule has 0 saturated heterocycles. The number of hydrogen-bond donors (Lipinski definition) is 0. The van der Waals surface area contributed by atoms with Gasteiger partial charge in [0.25, 0.3) is 0 Å². The average Bonchev–Trinajstić information content (AvgIpc) is 3.49. The second-order valence-corrected chi connectivity index (χ2v) is 9.44. The van der Waals surface area contributed by atoms with Crippen molar-refractivity contribution in [1.29, 1.82) is 0 Å². The number of ether oxygens (including phenoxy) is 1. The predicted octanol–water partition coefficient (Wildman–Crippen LogP) is 5.80. The zero-order chi connectivity index (χ0) is 21.1. The molecule has 8 heteroatoms. The normalized spacial score (nSPS) is 11.0. The first-order valence-corrected chi connectivity index (χ1v) is 12.3. The Hall–Kier alpha value is -2.42. The van der Waals surface area contributed by atoms with Crippen LogP contribution in [-0.4, -0.2) is 33.2 Å². The smallest absolute Gasteiger partial charge is 0.193 e. The summed E-state index contributed by atoms with van der Waals surface area (Å²) in [5.74, 6) is 2.11. The number of carbonyl (C=O) groups is 1. The van der Waals surface area contributed by atoms with Gasteiger partial charge in [-0.05, 0) is 44.2 Å². The van der Waals surface area contributed by atoms with E-state index in [1.807, 2.05) is 54.1 Å². The Bertz CT molecular complexity index is 1150. The molecule has 3 heterocycles. The van der Waals surface area contributed by atoms with Crippen molar-refractivity contribution in [2.45, 2.75) is 19.6 Å². The van der Waals surface area contributed by atoms with Gasteiger partial charge in [0.15, 0.2) is 10.9 Å². The van der Waals surface area contributed by atoms with Crippen molar-refractivity contribution in [3.05, 3.63) is 69.9 Å². The van der Waals surface area contributed by atoms with Crippen LogP contribution in [0.1, 0.15) is 27.4 Å².